The van der Waals surface area contributed by atoms with E-state index in [9.17, 15) is 23.1 Å². The molecule has 0 aliphatic carbocycles. The minimum atomic E-state index is -3.90. The molecule has 1 fully saturated rings. The summed E-state index contributed by atoms with van der Waals surface area (Å²) in [5, 5.41) is 11.7. The number of rotatable bonds is 5. The Kier molecular flexibility index (Phi) is 6.68. The van der Waals surface area contributed by atoms with Gasteiger partial charge in [0.1, 0.15) is 9.97 Å². The van der Waals surface area contributed by atoms with E-state index in [1.807, 2.05) is 13.0 Å². The molecule has 0 bridgehead atoms. The standard InChI is InChI=1S/C28H21ClN2O5S2/c1-16-11-12-21(17(2)13-16)25(32)23-24(18-7-6-8-19(29)14-18)31(27(34)26(23)33)28-30-15-22(37-28)38(35,36)20-9-4-3-5-10-20/h3-15,24,32H,1-2H3/b25-23+. The van der Waals surface area contributed by atoms with Gasteiger partial charge in [-0.15, -0.1) is 0 Å². The number of aromatic nitrogens is 1. The number of hydrogen-bond donors (Lipinski definition) is 1. The van der Waals surface area contributed by atoms with Gasteiger partial charge in [-0.2, -0.15) is 0 Å². The van der Waals surface area contributed by atoms with Gasteiger partial charge in [-0.25, -0.2) is 13.4 Å². The van der Waals surface area contributed by atoms with Crippen molar-refractivity contribution in [3.8, 4) is 0 Å². The van der Waals surface area contributed by atoms with Gasteiger partial charge in [0.2, 0.25) is 9.84 Å². The number of sulfone groups is 1. The maximum atomic E-state index is 13.4. The Morgan fingerprint density at radius 3 is 2.42 bits per heavy atom. The van der Waals surface area contributed by atoms with Gasteiger partial charge in [-0.3, -0.25) is 14.5 Å². The van der Waals surface area contributed by atoms with E-state index in [0.717, 1.165) is 27.4 Å². The summed E-state index contributed by atoms with van der Waals surface area (Å²) in [5.41, 5.74) is 2.44. The number of aliphatic hydroxyl groups excluding tert-OH is 1. The minimum absolute atomic E-state index is 0.00580. The minimum Gasteiger partial charge on any atom is -0.507 e. The molecule has 1 unspecified atom stereocenters. The number of Topliss-reactive ketones (excluding diaryl/α,β-unsaturated/α-hetero) is 1. The van der Waals surface area contributed by atoms with Gasteiger partial charge in [0, 0.05) is 10.6 Å². The number of ketones is 1. The molecule has 1 atom stereocenters. The van der Waals surface area contributed by atoms with Gasteiger partial charge in [0.05, 0.1) is 22.7 Å². The van der Waals surface area contributed by atoms with Crippen LogP contribution in [0.4, 0.5) is 5.13 Å². The van der Waals surface area contributed by atoms with Crippen LogP contribution in [0.2, 0.25) is 5.02 Å². The molecule has 1 aliphatic rings. The van der Waals surface area contributed by atoms with Crippen molar-refractivity contribution in [2.75, 3.05) is 4.90 Å². The van der Waals surface area contributed by atoms with Crippen LogP contribution in [0.15, 0.2) is 93.7 Å². The molecule has 7 nitrogen and oxygen atoms in total. The number of amides is 1. The van der Waals surface area contributed by atoms with Crippen molar-refractivity contribution >= 4 is 55.4 Å². The maximum Gasteiger partial charge on any atom is 0.301 e. The third-order valence-corrected chi connectivity index (χ3v) is 9.71. The first kappa shape index (κ1) is 25.8. The molecular formula is C28H21ClN2O5S2. The number of benzene rings is 3. The van der Waals surface area contributed by atoms with Gasteiger partial charge in [0.25, 0.3) is 5.78 Å². The second-order valence-electron chi connectivity index (χ2n) is 8.82. The highest BCUT2D eigenvalue weighted by Gasteiger charge is 2.48. The average Bonchev–Trinajstić information content (AvgIpc) is 3.48. The monoisotopic (exact) mass is 564 g/mol. The zero-order valence-corrected chi connectivity index (χ0v) is 22.6. The zero-order valence-electron chi connectivity index (χ0n) is 20.3. The Labute approximate surface area is 228 Å². The molecule has 1 aliphatic heterocycles. The number of hydrogen-bond acceptors (Lipinski definition) is 7. The molecule has 2 heterocycles. The van der Waals surface area contributed by atoms with E-state index in [4.69, 9.17) is 11.6 Å². The topological polar surface area (TPSA) is 105 Å². The Morgan fingerprint density at radius 2 is 1.74 bits per heavy atom. The summed E-state index contributed by atoms with van der Waals surface area (Å²) in [6.07, 6.45) is 1.17. The van der Waals surface area contributed by atoms with E-state index in [-0.39, 0.29) is 25.6 Å². The normalized spacial score (nSPS) is 17.2. The lowest BCUT2D eigenvalue weighted by molar-refractivity contribution is -0.132. The van der Waals surface area contributed by atoms with E-state index < -0.39 is 27.6 Å². The molecule has 1 amide bonds. The van der Waals surface area contributed by atoms with Gasteiger partial charge in [-0.1, -0.05) is 77.0 Å². The Hall–Kier alpha value is -3.79. The SMILES string of the molecule is Cc1ccc(/C(O)=C2\C(=O)C(=O)N(c3ncc(S(=O)(=O)c4ccccc4)s3)C2c2cccc(Cl)c2)c(C)c1. The lowest BCUT2D eigenvalue weighted by Gasteiger charge is -2.23. The van der Waals surface area contributed by atoms with Crippen molar-refractivity contribution in [1.82, 2.24) is 4.98 Å². The lowest BCUT2D eigenvalue weighted by atomic mass is 9.93. The average molecular weight is 565 g/mol. The Balaban J connectivity index is 1.69. The highest BCUT2D eigenvalue weighted by molar-refractivity contribution is 7.93. The number of nitrogens with zero attached hydrogens (tertiary/aromatic N) is 2. The van der Waals surface area contributed by atoms with E-state index in [2.05, 4.69) is 4.98 Å². The summed E-state index contributed by atoms with van der Waals surface area (Å²) in [6.45, 7) is 3.71. The van der Waals surface area contributed by atoms with Crippen molar-refractivity contribution in [3.63, 3.8) is 0 Å². The molecule has 0 saturated carbocycles. The summed E-state index contributed by atoms with van der Waals surface area (Å²) in [6, 6.07) is 18.7. The number of anilines is 1. The van der Waals surface area contributed by atoms with E-state index >= 15 is 0 Å². The maximum absolute atomic E-state index is 13.4. The van der Waals surface area contributed by atoms with Crippen LogP contribution < -0.4 is 4.90 Å². The second-order valence-corrected chi connectivity index (χ2v) is 12.4. The van der Waals surface area contributed by atoms with Crippen molar-refractivity contribution in [1.29, 1.82) is 0 Å². The van der Waals surface area contributed by atoms with Crippen LogP contribution in [-0.2, 0) is 19.4 Å². The molecule has 192 valence electrons. The van der Waals surface area contributed by atoms with Crippen LogP contribution >= 0.6 is 22.9 Å². The fourth-order valence-corrected chi connectivity index (χ4v) is 7.21. The van der Waals surface area contributed by atoms with Crippen molar-refractivity contribution in [2.45, 2.75) is 29.0 Å². The molecule has 1 saturated heterocycles. The first-order valence-electron chi connectivity index (χ1n) is 11.5. The molecule has 1 aromatic heterocycles. The van der Waals surface area contributed by atoms with E-state index in [1.54, 1.807) is 61.5 Å². The Morgan fingerprint density at radius 1 is 1.00 bits per heavy atom. The van der Waals surface area contributed by atoms with Crippen molar-refractivity contribution in [3.05, 3.63) is 112 Å². The lowest BCUT2D eigenvalue weighted by Crippen LogP contribution is -2.29. The Bertz CT molecular complexity index is 1730. The van der Waals surface area contributed by atoms with Crippen LogP contribution in [0, 0.1) is 13.8 Å². The van der Waals surface area contributed by atoms with Crippen LogP contribution in [-0.4, -0.2) is 30.2 Å². The van der Waals surface area contributed by atoms with Crippen LogP contribution in [0.25, 0.3) is 5.76 Å². The molecule has 0 spiro atoms. The molecule has 0 radical (unpaired) electrons. The summed E-state index contributed by atoms with van der Waals surface area (Å²) in [7, 11) is -3.90. The summed E-state index contributed by atoms with van der Waals surface area (Å²) in [4.78, 5) is 32.2. The highest BCUT2D eigenvalue weighted by atomic mass is 35.5. The van der Waals surface area contributed by atoms with Gasteiger partial charge in [0.15, 0.2) is 5.13 Å². The van der Waals surface area contributed by atoms with Crippen LogP contribution in [0.5, 0.6) is 0 Å². The largest absolute Gasteiger partial charge is 0.507 e. The fraction of sp³-hybridized carbons (Fsp3) is 0.107. The molecule has 5 rings (SSSR count). The van der Waals surface area contributed by atoms with Gasteiger partial charge >= 0.3 is 5.91 Å². The first-order chi connectivity index (χ1) is 18.1. The second kappa shape index (κ2) is 9.83. The number of thiazole rings is 1. The van der Waals surface area contributed by atoms with E-state index in [0.29, 0.717) is 16.1 Å². The van der Waals surface area contributed by atoms with E-state index in [1.165, 1.54) is 18.3 Å². The number of aryl methyl sites for hydroxylation is 2. The molecule has 38 heavy (non-hydrogen) atoms. The van der Waals surface area contributed by atoms with Gasteiger partial charge < -0.3 is 5.11 Å². The number of carbonyl (C=O) groups excluding carboxylic acids is 2. The number of halogens is 1. The predicted molar refractivity (Wildman–Crippen MR) is 146 cm³/mol. The zero-order chi connectivity index (χ0) is 27.2. The van der Waals surface area contributed by atoms with Crippen LogP contribution in [0.3, 0.4) is 0 Å². The predicted octanol–water partition coefficient (Wildman–Crippen LogP) is 5.87. The third-order valence-electron chi connectivity index (χ3n) is 6.24. The van der Waals surface area contributed by atoms with Crippen molar-refractivity contribution < 1.29 is 23.1 Å². The molecule has 10 heteroatoms. The summed E-state index contributed by atoms with van der Waals surface area (Å²) < 4.78 is 26.2. The molecule has 3 aromatic carbocycles. The number of carbonyl (C=O) groups is 2. The summed E-state index contributed by atoms with van der Waals surface area (Å²) >= 11 is 7.02. The molecule has 4 aromatic rings. The molecule has 1 N–H and O–H groups in total. The quantitative estimate of drug-likeness (QED) is 0.185. The first-order valence-corrected chi connectivity index (χ1v) is 14.2. The third kappa shape index (κ3) is 4.42. The van der Waals surface area contributed by atoms with Crippen LogP contribution in [0.1, 0.15) is 28.3 Å². The number of aliphatic hydroxyl groups is 1. The summed E-state index contributed by atoms with van der Waals surface area (Å²) in [5.74, 6) is -2.17. The van der Waals surface area contributed by atoms with Gasteiger partial charge in [-0.05, 0) is 49.2 Å². The smallest absolute Gasteiger partial charge is 0.301 e. The molecular weight excluding hydrogens is 544 g/mol. The highest BCUT2D eigenvalue weighted by Crippen LogP contribution is 2.44. The van der Waals surface area contributed by atoms with Crippen molar-refractivity contribution in [2.24, 2.45) is 0 Å². The fourth-order valence-electron chi connectivity index (χ4n) is 4.45.